The highest BCUT2D eigenvalue weighted by atomic mass is 35.5. The van der Waals surface area contributed by atoms with Gasteiger partial charge in [0.05, 0.1) is 5.02 Å². The van der Waals surface area contributed by atoms with E-state index in [4.69, 9.17) is 30.5 Å². The lowest BCUT2D eigenvalue weighted by Crippen LogP contribution is -2.37. The Kier molecular flexibility index (Phi) is 5.62. The first-order chi connectivity index (χ1) is 13.7. The maximum absolute atomic E-state index is 6.29. The molecule has 2 aromatic carbocycles. The molecule has 0 fully saturated rings. The van der Waals surface area contributed by atoms with Crippen LogP contribution in [0.1, 0.15) is 11.1 Å². The number of ether oxygens (including phenoxy) is 4. The maximum atomic E-state index is 6.29. The second kappa shape index (κ2) is 8.48. The number of halogens is 1. The molecule has 0 atom stereocenters. The Bertz CT molecular complexity index is 888. The lowest BCUT2D eigenvalue weighted by Gasteiger charge is -2.20. The van der Waals surface area contributed by atoms with Crippen molar-refractivity contribution in [3.8, 4) is 23.0 Å². The molecule has 0 aliphatic carbocycles. The molecule has 2 heterocycles. The van der Waals surface area contributed by atoms with Crippen LogP contribution in [0.4, 0.5) is 0 Å². The Morgan fingerprint density at radius 3 is 2.68 bits per heavy atom. The van der Waals surface area contributed by atoms with E-state index in [2.05, 4.69) is 15.6 Å². The molecule has 2 aliphatic rings. The standard InChI is InChI=1S/C20H22ClN3O4/c1-22-20(23-5-4-13-2-3-16-17(9-13)28-12-27-16)24-11-14-8-15(21)19-18(10-14)25-6-7-26-19/h2-3,8-10H,4-7,11-12H2,1H3,(H2,22,23,24). The topological polar surface area (TPSA) is 73.3 Å². The number of rotatable bonds is 5. The van der Waals surface area contributed by atoms with Crippen molar-refractivity contribution in [1.82, 2.24) is 10.6 Å². The van der Waals surface area contributed by atoms with E-state index in [1.54, 1.807) is 7.05 Å². The van der Waals surface area contributed by atoms with Gasteiger partial charge in [0.2, 0.25) is 6.79 Å². The molecular formula is C20H22ClN3O4. The molecule has 7 nitrogen and oxygen atoms in total. The SMILES string of the molecule is CN=C(NCCc1ccc2c(c1)OCO2)NCc1cc(Cl)c2c(c1)OCCO2. The molecular weight excluding hydrogens is 382 g/mol. The summed E-state index contributed by atoms with van der Waals surface area (Å²) in [7, 11) is 1.74. The minimum atomic E-state index is 0.289. The van der Waals surface area contributed by atoms with Gasteiger partial charge >= 0.3 is 0 Å². The first-order valence-corrected chi connectivity index (χ1v) is 9.52. The van der Waals surface area contributed by atoms with Gasteiger partial charge in [-0.1, -0.05) is 17.7 Å². The molecule has 2 aliphatic heterocycles. The number of nitrogens with one attached hydrogen (secondary N) is 2. The van der Waals surface area contributed by atoms with Crippen molar-refractivity contribution < 1.29 is 18.9 Å². The van der Waals surface area contributed by atoms with Crippen molar-refractivity contribution >= 4 is 17.6 Å². The molecule has 0 aromatic heterocycles. The third kappa shape index (κ3) is 4.20. The van der Waals surface area contributed by atoms with Crippen LogP contribution < -0.4 is 29.6 Å². The summed E-state index contributed by atoms with van der Waals surface area (Å²) < 4.78 is 21.9. The molecule has 8 heteroatoms. The average molecular weight is 404 g/mol. The molecule has 0 saturated heterocycles. The largest absolute Gasteiger partial charge is 0.486 e. The lowest BCUT2D eigenvalue weighted by molar-refractivity contribution is 0.171. The molecule has 0 unspecified atom stereocenters. The minimum absolute atomic E-state index is 0.289. The van der Waals surface area contributed by atoms with E-state index in [0.717, 1.165) is 30.0 Å². The van der Waals surface area contributed by atoms with Crippen LogP contribution in [-0.2, 0) is 13.0 Å². The first kappa shape index (κ1) is 18.6. The lowest BCUT2D eigenvalue weighted by atomic mass is 10.1. The second-order valence-corrected chi connectivity index (χ2v) is 6.80. The van der Waals surface area contributed by atoms with Gasteiger partial charge in [0, 0.05) is 20.1 Å². The monoisotopic (exact) mass is 403 g/mol. The van der Waals surface area contributed by atoms with E-state index in [9.17, 15) is 0 Å². The Labute approximate surface area is 168 Å². The summed E-state index contributed by atoms with van der Waals surface area (Å²) >= 11 is 6.29. The fourth-order valence-electron chi connectivity index (χ4n) is 3.09. The quantitative estimate of drug-likeness (QED) is 0.590. The zero-order chi connectivity index (χ0) is 19.3. The summed E-state index contributed by atoms with van der Waals surface area (Å²) in [6.07, 6.45) is 0.840. The van der Waals surface area contributed by atoms with Crippen LogP contribution in [0.5, 0.6) is 23.0 Å². The van der Waals surface area contributed by atoms with Gasteiger partial charge in [-0.05, 0) is 41.8 Å². The van der Waals surface area contributed by atoms with Gasteiger partial charge in [-0.2, -0.15) is 0 Å². The normalized spacial score (nSPS) is 14.7. The molecule has 0 amide bonds. The number of hydrogen-bond donors (Lipinski definition) is 2. The molecule has 0 radical (unpaired) electrons. The van der Waals surface area contributed by atoms with Crippen molar-refractivity contribution in [2.75, 3.05) is 33.6 Å². The third-order valence-corrected chi connectivity index (χ3v) is 4.76. The van der Waals surface area contributed by atoms with Crippen LogP contribution in [0.25, 0.3) is 0 Å². The highest BCUT2D eigenvalue weighted by molar-refractivity contribution is 6.32. The highest BCUT2D eigenvalue weighted by Crippen LogP contribution is 2.38. The van der Waals surface area contributed by atoms with Gasteiger partial charge in [0.15, 0.2) is 29.0 Å². The zero-order valence-corrected chi connectivity index (χ0v) is 16.3. The van der Waals surface area contributed by atoms with Crippen molar-refractivity contribution in [2.24, 2.45) is 4.99 Å². The van der Waals surface area contributed by atoms with Crippen molar-refractivity contribution in [3.05, 3.63) is 46.5 Å². The number of nitrogens with zero attached hydrogens (tertiary/aromatic N) is 1. The summed E-state index contributed by atoms with van der Waals surface area (Å²) in [5.41, 5.74) is 2.17. The van der Waals surface area contributed by atoms with E-state index >= 15 is 0 Å². The fourth-order valence-corrected chi connectivity index (χ4v) is 3.38. The number of hydrogen-bond acceptors (Lipinski definition) is 5. The number of guanidine groups is 1. The van der Waals surface area contributed by atoms with E-state index < -0.39 is 0 Å². The Morgan fingerprint density at radius 2 is 1.79 bits per heavy atom. The predicted molar refractivity (Wildman–Crippen MR) is 107 cm³/mol. The maximum Gasteiger partial charge on any atom is 0.231 e. The number of benzene rings is 2. The molecule has 2 N–H and O–H groups in total. The summed E-state index contributed by atoms with van der Waals surface area (Å²) in [5, 5.41) is 7.15. The Balaban J connectivity index is 1.29. The third-order valence-electron chi connectivity index (χ3n) is 4.48. The first-order valence-electron chi connectivity index (χ1n) is 9.14. The summed E-state index contributed by atoms with van der Waals surface area (Å²) in [4.78, 5) is 4.26. The van der Waals surface area contributed by atoms with Crippen molar-refractivity contribution in [2.45, 2.75) is 13.0 Å². The summed E-state index contributed by atoms with van der Waals surface area (Å²) in [6, 6.07) is 9.81. The van der Waals surface area contributed by atoms with Gasteiger partial charge in [-0.3, -0.25) is 4.99 Å². The number of aliphatic imine (C=N–C) groups is 1. The van der Waals surface area contributed by atoms with Crippen molar-refractivity contribution in [3.63, 3.8) is 0 Å². The van der Waals surface area contributed by atoms with E-state index in [0.29, 0.717) is 42.2 Å². The van der Waals surface area contributed by atoms with Crippen LogP contribution in [0.3, 0.4) is 0 Å². The van der Waals surface area contributed by atoms with Crippen LogP contribution >= 0.6 is 11.6 Å². The van der Waals surface area contributed by atoms with Crippen LogP contribution in [-0.4, -0.2) is 39.6 Å². The van der Waals surface area contributed by atoms with Gasteiger partial charge in [0.25, 0.3) is 0 Å². The molecule has 0 bridgehead atoms. The highest BCUT2D eigenvalue weighted by Gasteiger charge is 2.17. The van der Waals surface area contributed by atoms with Crippen molar-refractivity contribution in [1.29, 1.82) is 0 Å². The van der Waals surface area contributed by atoms with Gasteiger partial charge in [-0.15, -0.1) is 0 Å². The summed E-state index contributed by atoms with van der Waals surface area (Å²) in [5.74, 6) is 3.61. The Hall–Kier alpha value is -2.80. The van der Waals surface area contributed by atoms with Crippen LogP contribution in [0, 0.1) is 0 Å². The molecule has 4 rings (SSSR count). The fraction of sp³-hybridized carbons (Fsp3) is 0.350. The molecule has 148 valence electrons. The Morgan fingerprint density at radius 1 is 0.964 bits per heavy atom. The second-order valence-electron chi connectivity index (χ2n) is 6.39. The predicted octanol–water partition coefficient (Wildman–Crippen LogP) is 2.75. The minimum Gasteiger partial charge on any atom is -0.486 e. The molecule has 0 spiro atoms. The number of fused-ring (bicyclic) bond motifs is 2. The zero-order valence-electron chi connectivity index (χ0n) is 15.6. The summed E-state index contributed by atoms with van der Waals surface area (Å²) in [6.45, 7) is 2.65. The molecule has 0 saturated carbocycles. The van der Waals surface area contributed by atoms with E-state index in [1.807, 2.05) is 30.3 Å². The van der Waals surface area contributed by atoms with Crippen LogP contribution in [0.15, 0.2) is 35.3 Å². The average Bonchev–Trinajstić information content (AvgIpc) is 3.18. The van der Waals surface area contributed by atoms with Gasteiger partial charge in [-0.25, -0.2) is 0 Å². The molecule has 28 heavy (non-hydrogen) atoms. The molecule has 2 aromatic rings. The van der Waals surface area contributed by atoms with E-state index in [-0.39, 0.29) is 6.79 Å². The smallest absolute Gasteiger partial charge is 0.231 e. The van der Waals surface area contributed by atoms with E-state index in [1.165, 1.54) is 5.56 Å². The van der Waals surface area contributed by atoms with Crippen LogP contribution in [0.2, 0.25) is 5.02 Å². The van der Waals surface area contributed by atoms with Gasteiger partial charge in [0.1, 0.15) is 13.2 Å². The van der Waals surface area contributed by atoms with Gasteiger partial charge < -0.3 is 29.6 Å².